The molecule has 13 atom stereocenters. The average molecular weight is 764 g/mol. The van der Waals surface area contributed by atoms with E-state index in [1.54, 1.807) is 43.3 Å². The molecule has 13 heteroatoms. The molecular weight excluding hydrogens is 713 g/mol. The number of carbonyl (C=O) groups is 2. The van der Waals surface area contributed by atoms with Crippen molar-refractivity contribution in [3.63, 3.8) is 0 Å². The zero-order valence-electron chi connectivity index (χ0n) is 31.2. The van der Waals surface area contributed by atoms with Crippen LogP contribution in [0.1, 0.15) is 68.9 Å². The largest absolute Gasteiger partial charge is 0.486 e. The number of Topliss-reactive ketones (excluding diaryl/α,β-unsaturated/α-hetero) is 1. The van der Waals surface area contributed by atoms with Crippen molar-refractivity contribution in [1.29, 1.82) is 0 Å². The van der Waals surface area contributed by atoms with Crippen LogP contribution in [0.3, 0.4) is 0 Å². The quantitative estimate of drug-likeness (QED) is 0.233. The average Bonchev–Trinajstić information content (AvgIpc) is 3.64. The van der Waals surface area contributed by atoms with Gasteiger partial charge < -0.3 is 49.8 Å². The highest BCUT2D eigenvalue weighted by molar-refractivity contribution is 6.01. The standard InChI is InChI=1S/C42H50FNO11/c1-21-7-10-30(51-19-22-5-4-6-24(44)13-22)37(43)35(21)39-54-33-15-27-26-9-8-23-14-25(46)11-12-40(23,2)36(26)29(48)17-41(27,3)42(33,55-39)32(49)20-52-34-16-28(47)38(50)31(18-45)53-34/h4-7,10-14,26-29,31,33-34,36,38-39,45,47-48,50H,8-9,15-20,44H2,1-3H3/t26-,27?,28+,29-,31+,33+,34+,36?,38+,39-,40-,41-,42+/m0/s1. The van der Waals surface area contributed by atoms with Crippen molar-refractivity contribution in [2.75, 3.05) is 18.9 Å². The lowest BCUT2D eigenvalue weighted by Gasteiger charge is -2.59. The number of halogens is 1. The Morgan fingerprint density at radius 1 is 1.09 bits per heavy atom. The summed E-state index contributed by atoms with van der Waals surface area (Å²) in [5.74, 6) is -1.69. The van der Waals surface area contributed by atoms with Gasteiger partial charge in [-0.25, -0.2) is 4.39 Å². The van der Waals surface area contributed by atoms with Gasteiger partial charge in [-0.15, -0.1) is 0 Å². The Hall–Kier alpha value is -3.53. The highest BCUT2D eigenvalue weighted by atomic mass is 19.1. The SMILES string of the molecule is Cc1ccc(OCc2cccc(N)c2)c(F)c1[C@H]1O[C@@H]2CC3[C@@H]4CCC5=CC(=O)C=C[C@]5(C)C4[C@@H](O)C[C@]3(C)[C@]2(C(=O)CO[C@H]2C[C@@H](O)[C@@H](O)[C@@H](CO)O2)O1. The molecule has 5 fully saturated rings. The minimum Gasteiger partial charge on any atom is -0.486 e. The van der Waals surface area contributed by atoms with Crippen molar-refractivity contribution in [2.45, 2.75) is 108 Å². The van der Waals surface area contributed by atoms with Crippen molar-refractivity contribution in [3.05, 3.63) is 82.7 Å². The first-order chi connectivity index (χ1) is 26.2. The Bertz CT molecular complexity index is 1920. The Morgan fingerprint density at radius 3 is 2.65 bits per heavy atom. The van der Waals surface area contributed by atoms with E-state index in [0.717, 1.165) is 11.1 Å². The van der Waals surface area contributed by atoms with Gasteiger partial charge in [0.05, 0.1) is 30.5 Å². The van der Waals surface area contributed by atoms with E-state index in [9.17, 15) is 30.0 Å². The molecule has 0 amide bonds. The summed E-state index contributed by atoms with van der Waals surface area (Å²) in [6, 6.07) is 10.3. The Morgan fingerprint density at radius 2 is 1.89 bits per heavy atom. The number of aliphatic hydroxyl groups excluding tert-OH is 4. The molecular formula is C42H50FNO11. The predicted molar refractivity (Wildman–Crippen MR) is 194 cm³/mol. The molecule has 0 spiro atoms. The topological polar surface area (TPSA) is 187 Å². The summed E-state index contributed by atoms with van der Waals surface area (Å²) >= 11 is 0. The summed E-state index contributed by atoms with van der Waals surface area (Å²) in [6.07, 6.45) is -0.851. The third-order valence-corrected chi connectivity index (χ3v) is 13.7. The van der Waals surface area contributed by atoms with E-state index in [2.05, 4.69) is 6.92 Å². The molecule has 296 valence electrons. The minimum absolute atomic E-state index is 0.0250. The molecule has 2 aromatic rings. The second-order valence-corrected chi connectivity index (χ2v) is 16.7. The summed E-state index contributed by atoms with van der Waals surface area (Å²) in [6.45, 7) is 4.70. The number of anilines is 1. The summed E-state index contributed by atoms with van der Waals surface area (Å²) in [7, 11) is 0. The molecule has 0 aromatic heterocycles. The van der Waals surface area contributed by atoms with Crippen molar-refractivity contribution < 1.29 is 58.1 Å². The lowest BCUT2D eigenvalue weighted by atomic mass is 9.46. The number of allylic oxidation sites excluding steroid dienone is 4. The van der Waals surface area contributed by atoms with Crippen molar-refractivity contribution in [2.24, 2.45) is 28.6 Å². The van der Waals surface area contributed by atoms with Crippen LogP contribution in [-0.2, 0) is 35.1 Å². The van der Waals surface area contributed by atoms with Gasteiger partial charge in [0.15, 0.2) is 41.3 Å². The van der Waals surface area contributed by atoms with Crippen LogP contribution in [0, 0.1) is 41.3 Å². The van der Waals surface area contributed by atoms with Gasteiger partial charge in [0, 0.05) is 28.9 Å². The molecule has 6 aliphatic rings. The number of nitrogen functional groups attached to an aromatic ring is 1. The zero-order chi connectivity index (χ0) is 39.0. The first kappa shape index (κ1) is 38.3. The van der Waals surface area contributed by atoms with Crippen LogP contribution in [0.2, 0.25) is 0 Å². The molecule has 0 bridgehead atoms. The predicted octanol–water partition coefficient (Wildman–Crippen LogP) is 3.75. The Balaban J connectivity index is 1.12. The fourth-order valence-electron chi connectivity index (χ4n) is 11.1. The number of ketones is 2. The lowest BCUT2D eigenvalue weighted by Crippen LogP contribution is -2.63. The van der Waals surface area contributed by atoms with E-state index in [-0.39, 0.29) is 54.3 Å². The molecule has 2 aliphatic heterocycles. The summed E-state index contributed by atoms with van der Waals surface area (Å²) < 4.78 is 47.6. The Labute approximate surface area is 319 Å². The molecule has 3 saturated carbocycles. The van der Waals surface area contributed by atoms with E-state index >= 15 is 4.39 Å². The number of ether oxygens (including phenoxy) is 5. The summed E-state index contributed by atoms with van der Waals surface area (Å²) in [4.78, 5) is 27.3. The molecule has 4 aliphatic carbocycles. The fourth-order valence-corrected chi connectivity index (χ4v) is 11.1. The minimum atomic E-state index is -1.69. The smallest absolute Gasteiger partial charge is 0.193 e. The van der Waals surface area contributed by atoms with Gasteiger partial charge in [-0.2, -0.15) is 0 Å². The van der Waals surface area contributed by atoms with Gasteiger partial charge in [-0.3, -0.25) is 9.59 Å². The molecule has 55 heavy (non-hydrogen) atoms. The van der Waals surface area contributed by atoms with E-state index in [1.807, 2.05) is 19.1 Å². The van der Waals surface area contributed by atoms with Crippen molar-refractivity contribution in [1.82, 2.24) is 0 Å². The van der Waals surface area contributed by atoms with Crippen LogP contribution in [0.5, 0.6) is 5.75 Å². The third kappa shape index (κ3) is 6.10. The molecule has 2 unspecified atom stereocenters. The number of aryl methyl sites for hydroxylation is 1. The normalized spacial score (nSPS) is 40.5. The molecule has 2 aromatic carbocycles. The maximum atomic E-state index is 16.6. The zero-order valence-corrected chi connectivity index (χ0v) is 31.2. The number of nitrogens with two attached hydrogens (primary N) is 1. The second kappa shape index (κ2) is 14.1. The number of aliphatic hydroxyl groups is 4. The number of hydrogen-bond donors (Lipinski definition) is 5. The number of carbonyl (C=O) groups excluding carboxylic acids is 2. The van der Waals surface area contributed by atoms with Gasteiger partial charge >= 0.3 is 0 Å². The second-order valence-electron chi connectivity index (χ2n) is 16.7. The van der Waals surface area contributed by atoms with Crippen molar-refractivity contribution in [3.8, 4) is 5.75 Å². The van der Waals surface area contributed by atoms with Crippen LogP contribution in [-0.4, -0.2) is 87.6 Å². The Kier molecular flexibility index (Phi) is 9.86. The third-order valence-electron chi connectivity index (χ3n) is 13.7. The first-order valence-corrected chi connectivity index (χ1v) is 19.2. The highest BCUT2D eigenvalue weighted by Crippen LogP contribution is 2.70. The number of fused-ring (bicyclic) bond motifs is 7. The van der Waals surface area contributed by atoms with Gasteiger partial charge in [0.2, 0.25) is 0 Å². The van der Waals surface area contributed by atoms with E-state index in [1.165, 1.54) is 6.07 Å². The number of rotatable bonds is 9. The molecule has 0 radical (unpaired) electrons. The van der Waals surface area contributed by atoms with E-state index in [4.69, 9.17) is 29.4 Å². The molecule has 8 rings (SSSR count). The van der Waals surface area contributed by atoms with Gasteiger partial charge in [-0.05, 0) is 85.9 Å². The highest BCUT2D eigenvalue weighted by Gasteiger charge is 2.76. The maximum Gasteiger partial charge on any atom is 0.193 e. The van der Waals surface area contributed by atoms with Gasteiger partial charge in [0.25, 0.3) is 0 Å². The number of hydrogen-bond acceptors (Lipinski definition) is 12. The van der Waals surface area contributed by atoms with Crippen LogP contribution < -0.4 is 10.5 Å². The molecule has 2 heterocycles. The monoisotopic (exact) mass is 763 g/mol. The molecule has 6 N–H and O–H groups in total. The fraction of sp³-hybridized carbons (Fsp3) is 0.571. The summed E-state index contributed by atoms with van der Waals surface area (Å²) in [5, 5.41) is 42.5. The van der Waals surface area contributed by atoms with Crippen LogP contribution in [0.25, 0.3) is 0 Å². The first-order valence-electron chi connectivity index (χ1n) is 19.2. The van der Waals surface area contributed by atoms with Crippen LogP contribution >= 0.6 is 0 Å². The number of benzene rings is 2. The van der Waals surface area contributed by atoms with E-state index in [0.29, 0.717) is 30.5 Å². The van der Waals surface area contributed by atoms with Gasteiger partial charge in [0.1, 0.15) is 25.4 Å². The van der Waals surface area contributed by atoms with Crippen molar-refractivity contribution >= 4 is 17.3 Å². The lowest BCUT2D eigenvalue weighted by molar-refractivity contribution is -0.258. The maximum absolute atomic E-state index is 16.6. The van der Waals surface area contributed by atoms with Gasteiger partial charge in [-0.1, -0.05) is 43.7 Å². The molecule has 12 nitrogen and oxygen atoms in total. The van der Waals surface area contributed by atoms with Crippen LogP contribution in [0.4, 0.5) is 10.1 Å². The van der Waals surface area contributed by atoms with E-state index < -0.39 is 84.3 Å². The van der Waals surface area contributed by atoms with Crippen LogP contribution in [0.15, 0.2) is 60.2 Å². The molecule has 2 saturated heterocycles. The summed E-state index contributed by atoms with van der Waals surface area (Å²) in [5.41, 5.74) is 5.62.